The Balaban J connectivity index is 1.51. The number of piperidine rings is 1. The van der Waals surface area contributed by atoms with Gasteiger partial charge in [0.2, 0.25) is 0 Å². The van der Waals surface area contributed by atoms with E-state index in [0.29, 0.717) is 5.69 Å². The lowest BCUT2D eigenvalue weighted by Crippen LogP contribution is -2.39. The van der Waals surface area contributed by atoms with Crippen molar-refractivity contribution in [1.29, 1.82) is 0 Å². The molecule has 3 aromatic carbocycles. The van der Waals surface area contributed by atoms with Gasteiger partial charge in [0.1, 0.15) is 5.69 Å². The summed E-state index contributed by atoms with van der Waals surface area (Å²) in [5.41, 5.74) is 4.82. The van der Waals surface area contributed by atoms with E-state index in [1.165, 1.54) is 11.1 Å². The average Bonchev–Trinajstić information content (AvgIpc) is 2.80. The first-order valence-electron chi connectivity index (χ1n) is 10.6. The van der Waals surface area contributed by atoms with E-state index in [0.717, 1.165) is 37.0 Å². The Bertz CT molecular complexity index is 1150. The number of H-pyrrole nitrogens is 1. The lowest BCUT2D eigenvalue weighted by Gasteiger charge is -2.38. The van der Waals surface area contributed by atoms with E-state index in [9.17, 15) is 4.79 Å². The van der Waals surface area contributed by atoms with Crippen molar-refractivity contribution in [2.24, 2.45) is 0 Å². The molecule has 150 valence electrons. The molecule has 2 heterocycles. The number of benzene rings is 3. The zero-order chi connectivity index (χ0) is 20.3. The van der Waals surface area contributed by atoms with Crippen molar-refractivity contribution >= 4 is 11.0 Å². The number of fused-ring (bicyclic) bond motifs is 1. The molecule has 1 atom stereocenters. The molecule has 1 aliphatic heterocycles. The van der Waals surface area contributed by atoms with Gasteiger partial charge >= 0.3 is 0 Å². The molecule has 1 saturated heterocycles. The van der Waals surface area contributed by atoms with Crippen LogP contribution < -0.4 is 5.56 Å². The Hall–Kier alpha value is -3.24. The molecule has 5 rings (SSSR count). The third-order valence-electron chi connectivity index (χ3n) is 6.06. The van der Waals surface area contributed by atoms with E-state index >= 15 is 0 Å². The van der Waals surface area contributed by atoms with Gasteiger partial charge in [0, 0.05) is 12.5 Å². The van der Waals surface area contributed by atoms with Crippen LogP contribution in [0.5, 0.6) is 0 Å². The fourth-order valence-corrected chi connectivity index (χ4v) is 4.67. The molecule has 0 saturated carbocycles. The van der Waals surface area contributed by atoms with Crippen LogP contribution in [0.2, 0.25) is 0 Å². The third-order valence-corrected chi connectivity index (χ3v) is 6.06. The molecule has 1 aliphatic rings. The Kier molecular flexibility index (Phi) is 5.16. The normalized spacial score (nSPS) is 17.4. The predicted molar refractivity (Wildman–Crippen MR) is 121 cm³/mol. The maximum atomic E-state index is 12.8. The summed E-state index contributed by atoms with van der Waals surface area (Å²) < 4.78 is 0. The summed E-state index contributed by atoms with van der Waals surface area (Å²) in [7, 11) is 0. The van der Waals surface area contributed by atoms with Crippen molar-refractivity contribution in [3.05, 3.63) is 112 Å². The first-order valence-corrected chi connectivity index (χ1v) is 10.6. The van der Waals surface area contributed by atoms with Gasteiger partial charge in [-0.15, -0.1) is 0 Å². The second-order valence-electron chi connectivity index (χ2n) is 8.03. The molecular weight excluding hydrogens is 370 g/mol. The van der Waals surface area contributed by atoms with E-state index in [1.807, 2.05) is 24.3 Å². The highest BCUT2D eigenvalue weighted by atomic mass is 16.1. The van der Waals surface area contributed by atoms with E-state index in [1.54, 1.807) is 0 Å². The summed E-state index contributed by atoms with van der Waals surface area (Å²) in [5.74, 6) is 0.127. The van der Waals surface area contributed by atoms with Crippen LogP contribution in [0.25, 0.3) is 11.0 Å². The topological polar surface area (TPSA) is 49.0 Å². The van der Waals surface area contributed by atoms with Gasteiger partial charge in [-0.05, 0) is 42.6 Å². The van der Waals surface area contributed by atoms with Gasteiger partial charge < -0.3 is 4.98 Å². The minimum absolute atomic E-state index is 0.0588. The summed E-state index contributed by atoms with van der Waals surface area (Å²) in [6.45, 7) is 1.83. The van der Waals surface area contributed by atoms with Gasteiger partial charge in [-0.2, -0.15) is 0 Å². The smallest absolute Gasteiger partial charge is 0.270 e. The summed E-state index contributed by atoms with van der Waals surface area (Å²) in [6, 6.07) is 29.2. The Labute approximate surface area is 176 Å². The van der Waals surface area contributed by atoms with Gasteiger partial charge in [-0.25, -0.2) is 4.98 Å². The second-order valence-corrected chi connectivity index (χ2v) is 8.03. The van der Waals surface area contributed by atoms with Gasteiger partial charge in [-0.1, -0.05) is 72.8 Å². The number of nitrogens with one attached hydrogen (secondary N) is 1. The summed E-state index contributed by atoms with van der Waals surface area (Å²) in [4.78, 5) is 23.1. The van der Waals surface area contributed by atoms with Crippen molar-refractivity contribution in [1.82, 2.24) is 14.9 Å². The highest BCUT2D eigenvalue weighted by Gasteiger charge is 2.30. The average molecular weight is 396 g/mol. The predicted octanol–water partition coefficient (Wildman–Crippen LogP) is 4.89. The van der Waals surface area contributed by atoms with E-state index in [2.05, 4.69) is 70.5 Å². The molecule has 0 radical (unpaired) electrons. The zero-order valence-corrected chi connectivity index (χ0v) is 16.9. The monoisotopic (exact) mass is 395 g/mol. The highest BCUT2D eigenvalue weighted by molar-refractivity contribution is 5.73. The molecule has 4 aromatic rings. The minimum atomic E-state index is -0.0588. The molecular formula is C26H25N3O. The lowest BCUT2D eigenvalue weighted by atomic mass is 9.90. The van der Waals surface area contributed by atoms with Gasteiger partial charge in [0.15, 0.2) is 0 Å². The summed E-state index contributed by atoms with van der Waals surface area (Å²) >= 11 is 0. The molecule has 4 heteroatoms. The van der Waals surface area contributed by atoms with Crippen LogP contribution in [-0.2, 0) is 0 Å². The van der Waals surface area contributed by atoms with E-state index < -0.39 is 0 Å². The van der Waals surface area contributed by atoms with Crippen LogP contribution in [0, 0.1) is 0 Å². The number of hydrogen-bond acceptors (Lipinski definition) is 3. The molecule has 4 nitrogen and oxygen atoms in total. The Morgan fingerprint density at radius 3 is 2.20 bits per heavy atom. The molecule has 1 fully saturated rings. The SMILES string of the molecule is O=c1[nH]c2ccccc2nc1C1CCCN(C(c2ccccc2)c2ccccc2)C1. The largest absolute Gasteiger partial charge is 0.319 e. The standard InChI is InChI=1S/C26H25N3O/c30-26-24(27-22-15-7-8-16-23(22)28-26)21-14-9-17-29(18-21)25(19-10-3-1-4-11-19)20-12-5-2-6-13-20/h1-8,10-13,15-16,21,25H,9,14,17-18H2,(H,28,30). The fraction of sp³-hybridized carbons (Fsp3) is 0.231. The number of likely N-dealkylation sites (tertiary alicyclic amines) is 1. The Morgan fingerprint density at radius 2 is 1.50 bits per heavy atom. The maximum absolute atomic E-state index is 12.8. The van der Waals surface area contributed by atoms with E-state index in [4.69, 9.17) is 4.98 Å². The van der Waals surface area contributed by atoms with E-state index in [-0.39, 0.29) is 17.5 Å². The highest BCUT2D eigenvalue weighted by Crippen LogP contribution is 2.34. The molecule has 1 aromatic heterocycles. The van der Waals surface area contributed by atoms with Crippen LogP contribution in [0.3, 0.4) is 0 Å². The molecule has 0 aliphatic carbocycles. The quantitative estimate of drug-likeness (QED) is 0.535. The first-order chi connectivity index (χ1) is 14.8. The molecule has 0 spiro atoms. The number of nitrogens with zero attached hydrogens (tertiary/aromatic N) is 2. The maximum Gasteiger partial charge on any atom is 0.270 e. The van der Waals surface area contributed by atoms with Gasteiger partial charge in [-0.3, -0.25) is 9.69 Å². The van der Waals surface area contributed by atoms with Crippen molar-refractivity contribution in [3.63, 3.8) is 0 Å². The number of hydrogen-bond donors (Lipinski definition) is 1. The summed E-state index contributed by atoms with van der Waals surface area (Å²) in [6.07, 6.45) is 2.04. The van der Waals surface area contributed by atoms with Crippen LogP contribution in [0.1, 0.15) is 41.6 Å². The number of aromatic nitrogens is 2. The molecule has 1 unspecified atom stereocenters. The zero-order valence-electron chi connectivity index (χ0n) is 16.9. The number of para-hydroxylation sites is 2. The second kappa shape index (κ2) is 8.25. The molecule has 0 bridgehead atoms. The van der Waals surface area contributed by atoms with Crippen molar-refractivity contribution in [3.8, 4) is 0 Å². The van der Waals surface area contributed by atoms with Crippen LogP contribution in [-0.4, -0.2) is 28.0 Å². The van der Waals surface area contributed by atoms with Gasteiger partial charge in [0.25, 0.3) is 5.56 Å². The van der Waals surface area contributed by atoms with Crippen molar-refractivity contribution in [2.45, 2.75) is 24.8 Å². The molecule has 1 N–H and O–H groups in total. The summed E-state index contributed by atoms with van der Waals surface area (Å²) in [5, 5.41) is 0. The van der Waals surface area contributed by atoms with Crippen molar-refractivity contribution in [2.75, 3.05) is 13.1 Å². The molecule has 30 heavy (non-hydrogen) atoms. The third kappa shape index (κ3) is 3.66. The first kappa shape index (κ1) is 18.8. The minimum Gasteiger partial charge on any atom is -0.319 e. The van der Waals surface area contributed by atoms with Crippen molar-refractivity contribution < 1.29 is 0 Å². The number of rotatable bonds is 4. The Morgan fingerprint density at radius 1 is 0.867 bits per heavy atom. The lowest BCUT2D eigenvalue weighted by molar-refractivity contribution is 0.168. The molecule has 0 amide bonds. The fourth-order valence-electron chi connectivity index (χ4n) is 4.67. The van der Waals surface area contributed by atoms with Crippen LogP contribution in [0.4, 0.5) is 0 Å². The van der Waals surface area contributed by atoms with Gasteiger partial charge in [0.05, 0.1) is 17.1 Å². The van der Waals surface area contributed by atoms with Crippen LogP contribution >= 0.6 is 0 Å². The number of aromatic amines is 1. The van der Waals surface area contributed by atoms with Crippen LogP contribution in [0.15, 0.2) is 89.7 Å².